The predicted molar refractivity (Wildman–Crippen MR) is 98.1 cm³/mol. The van der Waals surface area contributed by atoms with E-state index in [4.69, 9.17) is 14.2 Å². The zero-order chi connectivity index (χ0) is 18.6. The Kier molecular flexibility index (Phi) is 4.78. The highest BCUT2D eigenvalue weighted by molar-refractivity contribution is 5.89. The van der Waals surface area contributed by atoms with E-state index in [2.05, 4.69) is 6.07 Å². The summed E-state index contributed by atoms with van der Waals surface area (Å²) in [5, 5.41) is 0. The molecular weight excluding hydrogens is 346 g/mol. The molecule has 4 rings (SSSR count). The smallest absolute Gasteiger partial charge is 0.331 e. The van der Waals surface area contributed by atoms with Crippen LogP contribution in [-0.4, -0.2) is 36.7 Å². The summed E-state index contributed by atoms with van der Waals surface area (Å²) in [7, 11) is 0. The number of amides is 1. The van der Waals surface area contributed by atoms with Crippen LogP contribution in [0.2, 0.25) is 0 Å². The number of hydrogen-bond donors (Lipinski definition) is 0. The Hall–Kier alpha value is -3.28. The van der Waals surface area contributed by atoms with Gasteiger partial charge >= 0.3 is 5.97 Å². The Morgan fingerprint density at radius 2 is 1.89 bits per heavy atom. The number of nitrogens with zero attached hydrogens (tertiary/aromatic N) is 1. The third-order valence-electron chi connectivity index (χ3n) is 4.63. The summed E-state index contributed by atoms with van der Waals surface area (Å²) in [5.74, 6) is 0.585. The Labute approximate surface area is 156 Å². The maximum atomic E-state index is 12.3. The number of esters is 1. The zero-order valence-corrected chi connectivity index (χ0v) is 14.7. The number of carbonyl (C=O) groups is 2. The molecule has 2 aromatic carbocycles. The number of carbonyl (C=O) groups excluding carboxylic acids is 2. The van der Waals surface area contributed by atoms with Gasteiger partial charge in [-0.15, -0.1) is 0 Å². The number of benzene rings is 2. The molecule has 0 aromatic heterocycles. The highest BCUT2D eigenvalue weighted by atomic mass is 16.7. The fourth-order valence-electron chi connectivity index (χ4n) is 3.16. The third-order valence-corrected chi connectivity index (χ3v) is 4.63. The van der Waals surface area contributed by atoms with Crippen molar-refractivity contribution in [2.45, 2.75) is 13.0 Å². The highest BCUT2D eigenvalue weighted by Gasteiger charge is 2.21. The molecule has 2 aliphatic heterocycles. The van der Waals surface area contributed by atoms with Crippen molar-refractivity contribution in [2.24, 2.45) is 0 Å². The standard InChI is InChI=1S/C21H19NO5/c23-20(22-10-9-16-3-1-2-4-17(16)12-22)13-25-21(24)8-6-15-5-7-18-19(11-15)27-14-26-18/h1-8,11H,9-10,12-14H2/b8-6+. The summed E-state index contributed by atoms with van der Waals surface area (Å²) < 4.78 is 15.6. The zero-order valence-electron chi connectivity index (χ0n) is 14.7. The first-order valence-electron chi connectivity index (χ1n) is 8.78. The molecule has 6 heteroatoms. The molecule has 0 atom stereocenters. The van der Waals surface area contributed by atoms with Crippen LogP contribution in [0.3, 0.4) is 0 Å². The second-order valence-electron chi connectivity index (χ2n) is 6.39. The van der Waals surface area contributed by atoms with Crippen molar-refractivity contribution in [1.29, 1.82) is 0 Å². The van der Waals surface area contributed by atoms with E-state index in [0.717, 1.165) is 17.5 Å². The van der Waals surface area contributed by atoms with Crippen molar-refractivity contribution in [3.05, 3.63) is 65.2 Å². The van der Waals surface area contributed by atoms with Gasteiger partial charge in [0.2, 0.25) is 6.79 Å². The van der Waals surface area contributed by atoms with Gasteiger partial charge in [0.05, 0.1) is 0 Å². The molecular formula is C21H19NO5. The molecule has 2 heterocycles. The summed E-state index contributed by atoms with van der Waals surface area (Å²) in [6, 6.07) is 13.5. The van der Waals surface area contributed by atoms with Crippen LogP contribution in [0.1, 0.15) is 16.7 Å². The monoisotopic (exact) mass is 365 g/mol. The number of fused-ring (bicyclic) bond motifs is 2. The van der Waals surface area contributed by atoms with Crippen molar-refractivity contribution in [2.75, 3.05) is 19.9 Å². The molecule has 1 amide bonds. The molecule has 0 fully saturated rings. The summed E-state index contributed by atoms with van der Waals surface area (Å²) in [6.45, 7) is 1.14. The summed E-state index contributed by atoms with van der Waals surface area (Å²) in [5.41, 5.74) is 3.20. The van der Waals surface area contributed by atoms with Gasteiger partial charge < -0.3 is 19.1 Å². The van der Waals surface area contributed by atoms with Crippen LogP contribution in [0.15, 0.2) is 48.5 Å². The van der Waals surface area contributed by atoms with E-state index >= 15 is 0 Å². The normalized spacial score (nSPS) is 14.9. The molecule has 0 radical (unpaired) electrons. The first-order valence-corrected chi connectivity index (χ1v) is 8.78. The van der Waals surface area contributed by atoms with Crippen LogP contribution in [0, 0.1) is 0 Å². The van der Waals surface area contributed by atoms with Gasteiger partial charge in [-0.05, 0) is 41.3 Å². The van der Waals surface area contributed by atoms with E-state index in [0.29, 0.717) is 24.6 Å². The van der Waals surface area contributed by atoms with Gasteiger partial charge in [0.15, 0.2) is 18.1 Å². The summed E-state index contributed by atoms with van der Waals surface area (Å²) >= 11 is 0. The number of hydrogen-bond acceptors (Lipinski definition) is 5. The maximum Gasteiger partial charge on any atom is 0.331 e. The fraction of sp³-hybridized carbons (Fsp3) is 0.238. The van der Waals surface area contributed by atoms with E-state index in [1.807, 2.05) is 24.3 Å². The van der Waals surface area contributed by atoms with Crippen LogP contribution >= 0.6 is 0 Å². The van der Waals surface area contributed by atoms with Crippen molar-refractivity contribution in [1.82, 2.24) is 4.90 Å². The van der Waals surface area contributed by atoms with Crippen molar-refractivity contribution >= 4 is 18.0 Å². The van der Waals surface area contributed by atoms with Gasteiger partial charge in [0.1, 0.15) is 0 Å². The van der Waals surface area contributed by atoms with Crippen LogP contribution in [0.25, 0.3) is 6.08 Å². The Morgan fingerprint density at radius 1 is 1.07 bits per heavy atom. The van der Waals surface area contributed by atoms with Crippen LogP contribution in [0.5, 0.6) is 11.5 Å². The van der Waals surface area contributed by atoms with Gasteiger partial charge in [-0.25, -0.2) is 4.79 Å². The lowest BCUT2D eigenvalue weighted by molar-refractivity contribution is -0.148. The molecule has 0 N–H and O–H groups in total. The summed E-state index contributed by atoms with van der Waals surface area (Å²) in [6.07, 6.45) is 3.74. The molecule has 2 aliphatic rings. The fourth-order valence-corrected chi connectivity index (χ4v) is 3.16. The second-order valence-corrected chi connectivity index (χ2v) is 6.39. The molecule has 27 heavy (non-hydrogen) atoms. The lowest BCUT2D eigenvalue weighted by Gasteiger charge is -2.28. The van der Waals surface area contributed by atoms with E-state index in [1.54, 1.807) is 23.1 Å². The molecule has 0 spiro atoms. The SMILES string of the molecule is O=C(/C=C/c1ccc2c(c1)OCO2)OCC(=O)N1CCc2ccccc2C1. The van der Waals surface area contributed by atoms with Crippen LogP contribution in [0.4, 0.5) is 0 Å². The van der Waals surface area contributed by atoms with Gasteiger partial charge in [-0.2, -0.15) is 0 Å². The number of rotatable bonds is 4. The second kappa shape index (κ2) is 7.53. The Bertz CT molecular complexity index is 905. The molecule has 138 valence electrons. The van der Waals surface area contributed by atoms with Crippen LogP contribution < -0.4 is 9.47 Å². The molecule has 0 aliphatic carbocycles. The average molecular weight is 365 g/mol. The van der Waals surface area contributed by atoms with Gasteiger partial charge in [-0.3, -0.25) is 4.79 Å². The minimum Gasteiger partial charge on any atom is -0.454 e. The summed E-state index contributed by atoms with van der Waals surface area (Å²) in [4.78, 5) is 25.9. The van der Waals surface area contributed by atoms with E-state index in [1.165, 1.54) is 11.6 Å². The quantitative estimate of drug-likeness (QED) is 0.615. The first-order chi connectivity index (χ1) is 13.2. The van der Waals surface area contributed by atoms with Gasteiger partial charge in [-0.1, -0.05) is 30.3 Å². The third kappa shape index (κ3) is 3.95. The molecule has 0 saturated heterocycles. The largest absolute Gasteiger partial charge is 0.454 e. The predicted octanol–water partition coefficient (Wildman–Crippen LogP) is 2.56. The van der Waals surface area contributed by atoms with E-state index in [9.17, 15) is 9.59 Å². The first kappa shape index (κ1) is 17.1. The van der Waals surface area contributed by atoms with Crippen LogP contribution in [-0.2, 0) is 27.3 Å². The van der Waals surface area contributed by atoms with Gasteiger partial charge in [0, 0.05) is 19.2 Å². The van der Waals surface area contributed by atoms with Gasteiger partial charge in [0.25, 0.3) is 5.91 Å². The van der Waals surface area contributed by atoms with E-state index < -0.39 is 5.97 Å². The van der Waals surface area contributed by atoms with E-state index in [-0.39, 0.29) is 19.3 Å². The topological polar surface area (TPSA) is 65.1 Å². The minimum atomic E-state index is -0.557. The minimum absolute atomic E-state index is 0.186. The average Bonchev–Trinajstić information content (AvgIpc) is 3.18. The maximum absolute atomic E-state index is 12.3. The highest BCUT2D eigenvalue weighted by Crippen LogP contribution is 2.32. The lowest BCUT2D eigenvalue weighted by Crippen LogP contribution is -2.38. The molecule has 0 unspecified atom stereocenters. The Morgan fingerprint density at radius 3 is 2.78 bits per heavy atom. The number of ether oxygens (including phenoxy) is 3. The molecule has 6 nitrogen and oxygen atoms in total. The molecule has 0 bridgehead atoms. The van der Waals surface area contributed by atoms with Crippen molar-refractivity contribution in [3.8, 4) is 11.5 Å². The van der Waals surface area contributed by atoms with Crippen molar-refractivity contribution in [3.63, 3.8) is 0 Å². The molecule has 2 aromatic rings. The molecule has 0 saturated carbocycles. The van der Waals surface area contributed by atoms with Crippen molar-refractivity contribution < 1.29 is 23.8 Å². The Balaban J connectivity index is 1.28. The lowest BCUT2D eigenvalue weighted by atomic mass is 10.00.